The van der Waals surface area contributed by atoms with Gasteiger partial charge >= 0.3 is 5.97 Å². The Kier molecular flexibility index (Phi) is 4.60. The SMILES string of the molecule is CCOC(=O)c1cc(Br)c(Br)cc1OC. The van der Waals surface area contributed by atoms with E-state index in [-0.39, 0.29) is 5.97 Å². The minimum Gasteiger partial charge on any atom is -0.496 e. The Hall–Kier alpha value is -0.550. The van der Waals surface area contributed by atoms with Gasteiger partial charge in [0.05, 0.1) is 13.7 Å². The molecule has 0 saturated carbocycles. The summed E-state index contributed by atoms with van der Waals surface area (Å²) in [5.41, 5.74) is 0.412. The Morgan fingerprint density at radius 2 is 1.93 bits per heavy atom. The van der Waals surface area contributed by atoms with E-state index in [2.05, 4.69) is 31.9 Å². The minimum absolute atomic E-state index is 0.343. The first-order chi connectivity index (χ1) is 7.10. The molecule has 0 heterocycles. The lowest BCUT2D eigenvalue weighted by atomic mass is 10.2. The van der Waals surface area contributed by atoms with Gasteiger partial charge in [-0.15, -0.1) is 0 Å². The van der Waals surface area contributed by atoms with Gasteiger partial charge in [0.25, 0.3) is 0 Å². The molecule has 0 saturated heterocycles. The summed E-state index contributed by atoms with van der Waals surface area (Å²) >= 11 is 6.65. The molecule has 0 bridgehead atoms. The quantitative estimate of drug-likeness (QED) is 0.793. The average molecular weight is 338 g/mol. The van der Waals surface area contributed by atoms with Crippen LogP contribution in [0.5, 0.6) is 5.75 Å². The van der Waals surface area contributed by atoms with E-state index in [0.717, 1.165) is 8.95 Å². The number of methoxy groups -OCH3 is 1. The topological polar surface area (TPSA) is 35.5 Å². The summed E-state index contributed by atoms with van der Waals surface area (Å²) < 4.78 is 11.6. The third-order valence-electron chi connectivity index (χ3n) is 1.74. The molecule has 1 aromatic carbocycles. The van der Waals surface area contributed by atoms with Crippen molar-refractivity contribution in [3.8, 4) is 5.75 Å². The summed E-state index contributed by atoms with van der Waals surface area (Å²) in [5.74, 6) is 0.103. The summed E-state index contributed by atoms with van der Waals surface area (Å²) in [7, 11) is 1.51. The van der Waals surface area contributed by atoms with Crippen molar-refractivity contribution in [3.63, 3.8) is 0 Å². The molecule has 0 radical (unpaired) electrons. The molecule has 0 N–H and O–H groups in total. The molecule has 0 aliphatic rings. The predicted molar refractivity (Wildman–Crippen MR) is 64.4 cm³/mol. The largest absolute Gasteiger partial charge is 0.496 e. The summed E-state index contributed by atoms with van der Waals surface area (Å²) in [5, 5.41) is 0. The Balaban J connectivity index is 3.15. The second-order valence-electron chi connectivity index (χ2n) is 2.69. The van der Waals surface area contributed by atoms with Crippen LogP contribution in [0, 0.1) is 0 Å². The number of hydrogen-bond donors (Lipinski definition) is 0. The maximum atomic E-state index is 11.5. The van der Waals surface area contributed by atoms with E-state index in [9.17, 15) is 4.79 Å². The highest BCUT2D eigenvalue weighted by atomic mass is 79.9. The molecule has 0 spiro atoms. The monoisotopic (exact) mass is 336 g/mol. The molecule has 0 aliphatic carbocycles. The van der Waals surface area contributed by atoms with Gasteiger partial charge in [-0.25, -0.2) is 4.79 Å². The number of rotatable bonds is 3. The minimum atomic E-state index is -0.387. The van der Waals surface area contributed by atoms with E-state index in [1.54, 1.807) is 19.1 Å². The maximum absolute atomic E-state index is 11.5. The van der Waals surface area contributed by atoms with Crippen molar-refractivity contribution in [2.45, 2.75) is 6.92 Å². The summed E-state index contributed by atoms with van der Waals surface area (Å²) in [6.45, 7) is 2.11. The molecule has 5 heteroatoms. The van der Waals surface area contributed by atoms with Gasteiger partial charge in [-0.1, -0.05) is 0 Å². The molecule has 0 unspecified atom stereocenters. The van der Waals surface area contributed by atoms with Crippen LogP contribution in [-0.4, -0.2) is 19.7 Å². The molecule has 0 amide bonds. The van der Waals surface area contributed by atoms with Gasteiger partial charge in [0.2, 0.25) is 0 Å². The fourth-order valence-electron chi connectivity index (χ4n) is 1.07. The lowest BCUT2D eigenvalue weighted by Crippen LogP contribution is -2.06. The molecule has 0 fully saturated rings. The third-order valence-corrected chi connectivity index (χ3v) is 3.58. The third kappa shape index (κ3) is 2.95. The molecule has 1 rings (SSSR count). The second kappa shape index (κ2) is 5.51. The van der Waals surface area contributed by atoms with Gasteiger partial charge in [0.15, 0.2) is 0 Å². The number of hydrogen-bond acceptors (Lipinski definition) is 3. The highest BCUT2D eigenvalue weighted by Gasteiger charge is 2.15. The van der Waals surface area contributed by atoms with Crippen molar-refractivity contribution in [2.75, 3.05) is 13.7 Å². The Morgan fingerprint density at radius 3 is 2.47 bits per heavy atom. The van der Waals surface area contributed by atoms with Crippen LogP contribution < -0.4 is 4.74 Å². The van der Waals surface area contributed by atoms with Crippen LogP contribution in [0.25, 0.3) is 0 Å². The molecule has 0 atom stereocenters. The van der Waals surface area contributed by atoms with Crippen molar-refractivity contribution >= 4 is 37.8 Å². The summed E-state index contributed by atoms with van der Waals surface area (Å²) in [6.07, 6.45) is 0. The zero-order valence-corrected chi connectivity index (χ0v) is 11.5. The Bertz CT molecular complexity index is 377. The van der Waals surface area contributed by atoms with E-state index in [0.29, 0.717) is 17.9 Å². The smallest absolute Gasteiger partial charge is 0.341 e. The van der Waals surface area contributed by atoms with Gasteiger partial charge in [0.1, 0.15) is 11.3 Å². The lowest BCUT2D eigenvalue weighted by molar-refractivity contribution is 0.0522. The number of halogens is 2. The highest BCUT2D eigenvalue weighted by Crippen LogP contribution is 2.31. The van der Waals surface area contributed by atoms with E-state index in [1.165, 1.54) is 7.11 Å². The van der Waals surface area contributed by atoms with E-state index in [1.807, 2.05) is 0 Å². The zero-order chi connectivity index (χ0) is 11.4. The van der Waals surface area contributed by atoms with E-state index in [4.69, 9.17) is 9.47 Å². The van der Waals surface area contributed by atoms with E-state index >= 15 is 0 Å². The fraction of sp³-hybridized carbons (Fsp3) is 0.300. The first kappa shape index (κ1) is 12.5. The van der Waals surface area contributed by atoms with Crippen LogP contribution in [0.2, 0.25) is 0 Å². The van der Waals surface area contributed by atoms with Crippen molar-refractivity contribution in [1.29, 1.82) is 0 Å². The number of esters is 1. The van der Waals surface area contributed by atoms with Gasteiger partial charge in [0, 0.05) is 8.95 Å². The molecular formula is C10H10Br2O3. The molecule has 3 nitrogen and oxygen atoms in total. The standard InChI is InChI=1S/C10H10Br2O3/c1-3-15-10(13)6-4-7(11)8(12)5-9(6)14-2/h4-5H,3H2,1-2H3. The van der Waals surface area contributed by atoms with Gasteiger partial charge in [-0.05, 0) is 50.9 Å². The molecular weight excluding hydrogens is 328 g/mol. The molecule has 82 valence electrons. The average Bonchev–Trinajstić information content (AvgIpc) is 2.21. The van der Waals surface area contributed by atoms with Crippen LogP contribution in [-0.2, 0) is 4.74 Å². The normalized spacial score (nSPS) is 9.87. The maximum Gasteiger partial charge on any atom is 0.341 e. The Labute approximate surface area is 105 Å². The first-order valence-electron chi connectivity index (χ1n) is 4.30. The molecule has 1 aromatic rings. The van der Waals surface area contributed by atoms with Crippen molar-refractivity contribution in [1.82, 2.24) is 0 Å². The van der Waals surface area contributed by atoms with Crippen LogP contribution in [0.15, 0.2) is 21.1 Å². The lowest BCUT2D eigenvalue weighted by Gasteiger charge is -2.09. The second-order valence-corrected chi connectivity index (χ2v) is 4.40. The van der Waals surface area contributed by atoms with Gasteiger partial charge < -0.3 is 9.47 Å². The summed E-state index contributed by atoms with van der Waals surface area (Å²) in [6, 6.07) is 3.39. The fourth-order valence-corrected chi connectivity index (χ4v) is 1.73. The van der Waals surface area contributed by atoms with E-state index < -0.39 is 0 Å². The zero-order valence-electron chi connectivity index (χ0n) is 8.34. The highest BCUT2D eigenvalue weighted by molar-refractivity contribution is 9.13. The number of carbonyl (C=O) groups excluding carboxylic acids is 1. The van der Waals surface area contributed by atoms with Crippen LogP contribution in [0.3, 0.4) is 0 Å². The Morgan fingerprint density at radius 1 is 1.33 bits per heavy atom. The van der Waals surface area contributed by atoms with Crippen molar-refractivity contribution in [3.05, 3.63) is 26.6 Å². The van der Waals surface area contributed by atoms with Crippen LogP contribution in [0.4, 0.5) is 0 Å². The number of benzene rings is 1. The van der Waals surface area contributed by atoms with Crippen molar-refractivity contribution in [2.24, 2.45) is 0 Å². The van der Waals surface area contributed by atoms with Gasteiger partial charge in [-0.2, -0.15) is 0 Å². The number of ether oxygens (including phenoxy) is 2. The molecule has 15 heavy (non-hydrogen) atoms. The van der Waals surface area contributed by atoms with Crippen molar-refractivity contribution < 1.29 is 14.3 Å². The van der Waals surface area contributed by atoms with Gasteiger partial charge in [-0.3, -0.25) is 0 Å². The molecule has 0 aliphatic heterocycles. The van der Waals surface area contributed by atoms with Crippen LogP contribution >= 0.6 is 31.9 Å². The first-order valence-corrected chi connectivity index (χ1v) is 5.89. The predicted octanol–water partition coefficient (Wildman–Crippen LogP) is 3.40. The summed E-state index contributed by atoms with van der Waals surface area (Å²) in [4.78, 5) is 11.5. The van der Waals surface area contributed by atoms with Crippen LogP contribution in [0.1, 0.15) is 17.3 Å². The molecule has 0 aromatic heterocycles. The number of carbonyl (C=O) groups is 1.